The van der Waals surface area contributed by atoms with Crippen molar-refractivity contribution in [2.24, 2.45) is 5.92 Å². The van der Waals surface area contributed by atoms with Crippen molar-refractivity contribution >= 4 is 5.97 Å². The Labute approximate surface area is 106 Å². The number of aliphatic carboxylic acids is 1. The molecule has 0 spiro atoms. The molecule has 0 radical (unpaired) electrons. The van der Waals surface area contributed by atoms with Crippen LogP contribution in [0.5, 0.6) is 0 Å². The Hall–Kier alpha value is -1.49. The second-order valence-corrected chi connectivity index (χ2v) is 4.73. The maximum Gasteiger partial charge on any atom is 0.306 e. The van der Waals surface area contributed by atoms with Crippen molar-refractivity contribution in [3.8, 4) is 0 Å². The number of aromatic nitrogens is 2. The Morgan fingerprint density at radius 1 is 1.56 bits per heavy atom. The Balaban J connectivity index is 2.06. The van der Waals surface area contributed by atoms with Crippen LogP contribution in [0, 0.1) is 5.92 Å². The fourth-order valence-corrected chi connectivity index (χ4v) is 2.10. The minimum atomic E-state index is -0.810. The molecule has 0 aromatic carbocycles. The zero-order valence-corrected chi connectivity index (χ0v) is 10.5. The van der Waals surface area contributed by atoms with Crippen molar-refractivity contribution in [2.45, 2.75) is 32.1 Å². The minimum Gasteiger partial charge on any atom is -0.481 e. The van der Waals surface area contributed by atoms with Gasteiger partial charge in [0.2, 0.25) is 0 Å². The van der Waals surface area contributed by atoms with Crippen molar-refractivity contribution in [2.75, 3.05) is 13.2 Å². The molecule has 2 rings (SSSR count). The van der Waals surface area contributed by atoms with E-state index in [1.54, 1.807) is 13.1 Å². The molecule has 5 nitrogen and oxygen atoms in total. The van der Waals surface area contributed by atoms with Crippen LogP contribution in [0.25, 0.3) is 0 Å². The van der Waals surface area contributed by atoms with E-state index in [9.17, 15) is 4.79 Å². The van der Waals surface area contributed by atoms with Crippen LogP contribution in [0.2, 0.25) is 0 Å². The molecule has 98 valence electrons. The van der Waals surface area contributed by atoms with Gasteiger partial charge >= 0.3 is 5.97 Å². The Kier molecular flexibility index (Phi) is 4.25. The van der Waals surface area contributed by atoms with Crippen molar-refractivity contribution in [3.05, 3.63) is 23.8 Å². The van der Waals surface area contributed by atoms with E-state index in [4.69, 9.17) is 9.84 Å². The van der Waals surface area contributed by atoms with E-state index in [0.29, 0.717) is 18.2 Å². The largest absolute Gasteiger partial charge is 0.481 e. The number of carboxylic acid groups (broad SMARTS) is 1. The topological polar surface area (TPSA) is 72.3 Å². The molecule has 1 atom stereocenters. The van der Waals surface area contributed by atoms with Crippen molar-refractivity contribution in [1.82, 2.24) is 9.97 Å². The number of ether oxygens (including phenoxy) is 1. The van der Waals surface area contributed by atoms with Crippen LogP contribution in [-0.2, 0) is 16.0 Å². The lowest BCUT2D eigenvalue weighted by atomic mass is 9.96. The molecule has 1 aromatic rings. The van der Waals surface area contributed by atoms with Gasteiger partial charge in [0.05, 0.1) is 5.92 Å². The molecule has 1 aromatic heterocycles. The predicted molar refractivity (Wildman–Crippen MR) is 65.3 cm³/mol. The van der Waals surface area contributed by atoms with Gasteiger partial charge in [0.1, 0.15) is 5.82 Å². The summed E-state index contributed by atoms with van der Waals surface area (Å²) in [5, 5.41) is 8.89. The van der Waals surface area contributed by atoms with E-state index in [1.807, 2.05) is 6.07 Å². The van der Waals surface area contributed by atoms with Crippen LogP contribution in [0.1, 0.15) is 37.2 Å². The quantitative estimate of drug-likeness (QED) is 0.879. The molecule has 1 fully saturated rings. The van der Waals surface area contributed by atoms with Crippen LogP contribution in [0.15, 0.2) is 12.3 Å². The maximum absolute atomic E-state index is 10.8. The predicted octanol–water partition coefficient (Wildman–Crippen LogP) is 1.63. The molecule has 18 heavy (non-hydrogen) atoms. The smallest absolute Gasteiger partial charge is 0.306 e. The summed E-state index contributed by atoms with van der Waals surface area (Å²) in [4.78, 5) is 19.5. The Morgan fingerprint density at radius 3 is 2.94 bits per heavy atom. The average molecular weight is 250 g/mol. The summed E-state index contributed by atoms with van der Waals surface area (Å²) in [6, 6.07) is 1.92. The summed E-state index contributed by atoms with van der Waals surface area (Å²) >= 11 is 0. The van der Waals surface area contributed by atoms with Gasteiger partial charge in [-0.2, -0.15) is 0 Å². The second kappa shape index (κ2) is 5.91. The molecule has 0 bridgehead atoms. The van der Waals surface area contributed by atoms with Gasteiger partial charge in [-0.05, 0) is 18.9 Å². The first-order valence-electron chi connectivity index (χ1n) is 6.29. The summed E-state index contributed by atoms with van der Waals surface area (Å²) < 4.78 is 5.33. The van der Waals surface area contributed by atoms with Gasteiger partial charge in [0.25, 0.3) is 0 Å². The molecule has 0 saturated carbocycles. The molecule has 1 aliphatic rings. The molecule has 0 amide bonds. The second-order valence-electron chi connectivity index (χ2n) is 4.73. The number of carboxylic acids is 1. The average Bonchev–Trinajstić information content (AvgIpc) is 2.40. The standard InChI is InChI=1S/C13H18N2O3/c1-9(13(16)17)8-12-14-5-2-11(15-12)10-3-6-18-7-4-10/h2,5,9-10H,3-4,6-8H2,1H3,(H,16,17). The van der Waals surface area contributed by atoms with E-state index in [2.05, 4.69) is 9.97 Å². The number of nitrogens with zero attached hydrogens (tertiary/aromatic N) is 2. The van der Waals surface area contributed by atoms with E-state index in [0.717, 1.165) is 31.7 Å². The van der Waals surface area contributed by atoms with Gasteiger partial charge in [0, 0.05) is 37.4 Å². The summed E-state index contributed by atoms with van der Waals surface area (Å²) in [7, 11) is 0. The molecular weight excluding hydrogens is 232 g/mol. The van der Waals surface area contributed by atoms with Gasteiger partial charge in [-0.25, -0.2) is 9.97 Å². The molecule has 1 unspecified atom stereocenters. The Bertz CT molecular complexity index is 416. The van der Waals surface area contributed by atoms with Gasteiger partial charge in [-0.1, -0.05) is 6.92 Å². The third-order valence-corrected chi connectivity index (χ3v) is 3.28. The zero-order chi connectivity index (χ0) is 13.0. The summed E-state index contributed by atoms with van der Waals surface area (Å²) in [6.45, 7) is 3.22. The summed E-state index contributed by atoms with van der Waals surface area (Å²) in [5.74, 6) is -0.223. The lowest BCUT2D eigenvalue weighted by Gasteiger charge is -2.21. The lowest BCUT2D eigenvalue weighted by Crippen LogP contribution is -2.18. The first kappa shape index (κ1) is 13.0. The number of rotatable bonds is 4. The van der Waals surface area contributed by atoms with Crippen LogP contribution in [0.3, 0.4) is 0 Å². The normalized spacial score (nSPS) is 18.5. The third-order valence-electron chi connectivity index (χ3n) is 3.28. The molecular formula is C13H18N2O3. The van der Waals surface area contributed by atoms with E-state index in [-0.39, 0.29) is 0 Å². The molecule has 1 saturated heterocycles. The molecule has 1 N–H and O–H groups in total. The number of carbonyl (C=O) groups is 1. The number of hydrogen-bond acceptors (Lipinski definition) is 4. The highest BCUT2D eigenvalue weighted by atomic mass is 16.5. The highest BCUT2D eigenvalue weighted by Crippen LogP contribution is 2.25. The summed E-state index contributed by atoms with van der Waals surface area (Å²) in [6.07, 6.45) is 4.06. The first-order valence-corrected chi connectivity index (χ1v) is 6.29. The van der Waals surface area contributed by atoms with Gasteiger partial charge < -0.3 is 9.84 Å². The van der Waals surface area contributed by atoms with Crippen molar-refractivity contribution in [1.29, 1.82) is 0 Å². The van der Waals surface area contributed by atoms with Crippen LogP contribution in [0.4, 0.5) is 0 Å². The zero-order valence-electron chi connectivity index (χ0n) is 10.5. The minimum absolute atomic E-state index is 0.381. The van der Waals surface area contributed by atoms with Crippen LogP contribution in [-0.4, -0.2) is 34.3 Å². The van der Waals surface area contributed by atoms with Gasteiger partial charge in [-0.3, -0.25) is 4.79 Å². The number of hydrogen-bond donors (Lipinski definition) is 1. The first-order chi connectivity index (χ1) is 8.66. The highest BCUT2D eigenvalue weighted by Gasteiger charge is 2.19. The van der Waals surface area contributed by atoms with E-state index in [1.165, 1.54) is 0 Å². The maximum atomic E-state index is 10.8. The van der Waals surface area contributed by atoms with E-state index >= 15 is 0 Å². The lowest BCUT2D eigenvalue weighted by molar-refractivity contribution is -0.141. The van der Waals surface area contributed by atoms with Gasteiger partial charge in [0.15, 0.2) is 0 Å². The van der Waals surface area contributed by atoms with Crippen molar-refractivity contribution < 1.29 is 14.6 Å². The van der Waals surface area contributed by atoms with Gasteiger partial charge in [-0.15, -0.1) is 0 Å². The van der Waals surface area contributed by atoms with Crippen molar-refractivity contribution in [3.63, 3.8) is 0 Å². The fourth-order valence-electron chi connectivity index (χ4n) is 2.10. The molecule has 1 aliphatic heterocycles. The monoisotopic (exact) mass is 250 g/mol. The molecule has 5 heteroatoms. The molecule has 0 aliphatic carbocycles. The SMILES string of the molecule is CC(Cc1nccc(C2CCOCC2)n1)C(=O)O. The molecule has 2 heterocycles. The summed E-state index contributed by atoms with van der Waals surface area (Å²) in [5.41, 5.74) is 1.01. The van der Waals surface area contributed by atoms with Crippen LogP contribution < -0.4 is 0 Å². The fraction of sp³-hybridized carbons (Fsp3) is 0.615. The van der Waals surface area contributed by atoms with E-state index < -0.39 is 11.9 Å². The highest BCUT2D eigenvalue weighted by molar-refractivity contribution is 5.69. The third kappa shape index (κ3) is 3.26. The van der Waals surface area contributed by atoms with Crippen LogP contribution >= 0.6 is 0 Å². The Morgan fingerprint density at radius 2 is 2.28 bits per heavy atom.